The molecule has 0 saturated heterocycles. The van der Waals surface area contributed by atoms with Gasteiger partial charge in [-0.15, -0.1) is 13.2 Å². The van der Waals surface area contributed by atoms with E-state index in [-0.39, 0.29) is 6.04 Å². The molecule has 2 N–H and O–H groups in total. The molecule has 1 unspecified atom stereocenters. The summed E-state index contributed by atoms with van der Waals surface area (Å²) in [5.74, 6) is 0.946. The van der Waals surface area contributed by atoms with Gasteiger partial charge >= 0.3 is 0 Å². The van der Waals surface area contributed by atoms with Crippen molar-refractivity contribution in [2.24, 2.45) is 0 Å². The van der Waals surface area contributed by atoms with Gasteiger partial charge in [0.05, 0.1) is 6.04 Å². The molecule has 0 spiro atoms. The van der Waals surface area contributed by atoms with Gasteiger partial charge in [0.1, 0.15) is 5.82 Å². The number of H-pyrrole nitrogens is 1. The fraction of sp³-hybridized carbons (Fsp3) is 0.300. The molecule has 0 fully saturated rings. The lowest BCUT2D eigenvalue weighted by Gasteiger charge is -2.12. The largest absolute Gasteiger partial charge is 0.347 e. The first-order valence-corrected chi connectivity index (χ1v) is 4.33. The average molecular weight is 177 g/mol. The quantitative estimate of drug-likeness (QED) is 0.650. The van der Waals surface area contributed by atoms with Crippen LogP contribution in [0.1, 0.15) is 18.3 Å². The molecule has 13 heavy (non-hydrogen) atoms. The van der Waals surface area contributed by atoms with Crippen molar-refractivity contribution >= 4 is 0 Å². The molecule has 1 heterocycles. The molecule has 0 bridgehead atoms. The maximum absolute atomic E-state index is 4.19. The second-order valence-corrected chi connectivity index (χ2v) is 2.75. The molecule has 0 aliphatic heterocycles. The van der Waals surface area contributed by atoms with Crippen LogP contribution < -0.4 is 5.32 Å². The topological polar surface area (TPSA) is 40.7 Å². The minimum absolute atomic E-state index is 0.213. The van der Waals surface area contributed by atoms with Gasteiger partial charge in [-0.25, -0.2) is 4.98 Å². The molecule has 0 aliphatic rings. The van der Waals surface area contributed by atoms with E-state index in [9.17, 15) is 0 Å². The number of aromatic amines is 1. The first-order valence-electron chi connectivity index (χ1n) is 4.33. The Balaban J connectivity index is 2.56. The molecular weight excluding hydrogens is 162 g/mol. The van der Waals surface area contributed by atoms with Crippen LogP contribution in [0.3, 0.4) is 0 Å². The Hall–Kier alpha value is -1.35. The van der Waals surface area contributed by atoms with E-state index in [1.807, 2.05) is 18.3 Å². The lowest BCUT2D eigenvalue weighted by molar-refractivity contribution is 0.548. The molecule has 0 radical (unpaired) electrons. The van der Waals surface area contributed by atoms with Crippen molar-refractivity contribution in [2.75, 3.05) is 6.54 Å². The minimum Gasteiger partial charge on any atom is -0.347 e. The average Bonchev–Trinajstić information content (AvgIpc) is 2.65. The Kier molecular flexibility index (Phi) is 3.99. The minimum atomic E-state index is 0.213. The second kappa shape index (κ2) is 5.32. The predicted octanol–water partition coefficient (Wildman–Crippen LogP) is 1.80. The van der Waals surface area contributed by atoms with Gasteiger partial charge in [0, 0.05) is 18.9 Å². The summed E-state index contributed by atoms with van der Waals surface area (Å²) in [6, 6.07) is 0.213. The molecule has 1 aromatic heterocycles. The maximum atomic E-state index is 4.19. The molecule has 0 amide bonds. The summed E-state index contributed by atoms with van der Waals surface area (Å²) in [7, 11) is 0. The maximum Gasteiger partial charge on any atom is 0.123 e. The van der Waals surface area contributed by atoms with Gasteiger partial charge in [-0.2, -0.15) is 0 Å². The van der Waals surface area contributed by atoms with Crippen molar-refractivity contribution < 1.29 is 0 Å². The van der Waals surface area contributed by atoms with Crippen LogP contribution in [-0.2, 0) is 0 Å². The third-order valence-electron chi connectivity index (χ3n) is 1.76. The molecule has 70 valence electrons. The number of hydrogen-bond donors (Lipinski definition) is 2. The number of aromatic nitrogens is 2. The molecule has 1 rings (SSSR count). The van der Waals surface area contributed by atoms with Crippen molar-refractivity contribution in [1.29, 1.82) is 0 Å². The van der Waals surface area contributed by atoms with E-state index in [0.29, 0.717) is 0 Å². The predicted molar refractivity (Wildman–Crippen MR) is 54.3 cm³/mol. The summed E-state index contributed by atoms with van der Waals surface area (Å²) in [6.45, 7) is 8.14. The van der Waals surface area contributed by atoms with E-state index in [1.54, 1.807) is 6.20 Å². The van der Waals surface area contributed by atoms with Crippen molar-refractivity contribution in [1.82, 2.24) is 15.3 Å². The van der Waals surface area contributed by atoms with Gasteiger partial charge < -0.3 is 10.3 Å². The Labute approximate surface area is 78.6 Å². The highest BCUT2D eigenvalue weighted by Gasteiger charge is 2.09. The van der Waals surface area contributed by atoms with E-state index >= 15 is 0 Å². The van der Waals surface area contributed by atoms with Gasteiger partial charge in [-0.3, -0.25) is 0 Å². The van der Waals surface area contributed by atoms with E-state index in [4.69, 9.17) is 0 Å². The summed E-state index contributed by atoms with van der Waals surface area (Å²) in [5, 5.41) is 3.29. The summed E-state index contributed by atoms with van der Waals surface area (Å²) in [6.07, 6.45) is 8.14. The van der Waals surface area contributed by atoms with Gasteiger partial charge in [-0.1, -0.05) is 12.2 Å². The Bertz CT molecular complexity index is 251. The number of nitrogens with zero attached hydrogens (tertiary/aromatic N) is 1. The number of rotatable bonds is 6. The van der Waals surface area contributed by atoms with Gasteiger partial charge in [-0.05, 0) is 6.42 Å². The van der Waals surface area contributed by atoms with Gasteiger partial charge in [0.25, 0.3) is 0 Å². The molecule has 0 aliphatic carbocycles. The molecular formula is C10H15N3. The smallest absolute Gasteiger partial charge is 0.123 e. The molecule has 3 heteroatoms. The zero-order valence-electron chi connectivity index (χ0n) is 7.66. The fourth-order valence-electron chi connectivity index (χ4n) is 1.15. The highest BCUT2D eigenvalue weighted by Crippen LogP contribution is 2.11. The third kappa shape index (κ3) is 2.87. The first-order chi connectivity index (χ1) is 6.38. The van der Waals surface area contributed by atoms with Crippen molar-refractivity contribution in [3.8, 4) is 0 Å². The monoisotopic (exact) mass is 177 g/mol. The Morgan fingerprint density at radius 2 is 2.38 bits per heavy atom. The first kappa shape index (κ1) is 9.74. The van der Waals surface area contributed by atoms with Crippen LogP contribution in [0.25, 0.3) is 0 Å². The summed E-state index contributed by atoms with van der Waals surface area (Å²) < 4.78 is 0. The van der Waals surface area contributed by atoms with Crippen LogP contribution >= 0.6 is 0 Å². The highest BCUT2D eigenvalue weighted by atomic mass is 15.0. The number of hydrogen-bond acceptors (Lipinski definition) is 2. The molecule has 1 atom stereocenters. The number of imidazole rings is 1. The molecule has 3 nitrogen and oxygen atoms in total. The van der Waals surface area contributed by atoms with E-state index < -0.39 is 0 Å². The van der Waals surface area contributed by atoms with E-state index in [2.05, 4.69) is 28.4 Å². The Morgan fingerprint density at radius 1 is 1.54 bits per heavy atom. The number of nitrogens with one attached hydrogen (secondary N) is 2. The standard InChI is InChI=1S/C10H15N3/c1-3-5-9(11-6-4-2)10-12-7-8-13-10/h3-4,7-9,11H,1-2,5-6H2,(H,12,13). The SMILES string of the molecule is C=CCNC(CC=C)c1ncc[nH]1. The van der Waals surface area contributed by atoms with Crippen molar-refractivity contribution in [2.45, 2.75) is 12.5 Å². The zero-order valence-corrected chi connectivity index (χ0v) is 7.66. The fourth-order valence-corrected chi connectivity index (χ4v) is 1.15. The normalized spacial score (nSPS) is 12.3. The molecule has 0 aromatic carbocycles. The van der Waals surface area contributed by atoms with E-state index in [1.165, 1.54) is 0 Å². The summed E-state index contributed by atoms with van der Waals surface area (Å²) >= 11 is 0. The van der Waals surface area contributed by atoms with E-state index in [0.717, 1.165) is 18.8 Å². The lowest BCUT2D eigenvalue weighted by Crippen LogP contribution is -2.21. The van der Waals surface area contributed by atoms with Crippen LogP contribution in [-0.4, -0.2) is 16.5 Å². The third-order valence-corrected chi connectivity index (χ3v) is 1.76. The molecule has 0 saturated carbocycles. The van der Waals surface area contributed by atoms with Crippen molar-refractivity contribution in [3.05, 3.63) is 43.5 Å². The summed E-state index contributed by atoms with van der Waals surface area (Å²) in [5.41, 5.74) is 0. The van der Waals surface area contributed by atoms with Gasteiger partial charge in [0.15, 0.2) is 0 Å². The van der Waals surface area contributed by atoms with Crippen LogP contribution in [0.15, 0.2) is 37.7 Å². The second-order valence-electron chi connectivity index (χ2n) is 2.75. The van der Waals surface area contributed by atoms with Crippen LogP contribution in [0.4, 0.5) is 0 Å². The molecule has 1 aromatic rings. The van der Waals surface area contributed by atoms with Gasteiger partial charge in [0.2, 0.25) is 0 Å². The summed E-state index contributed by atoms with van der Waals surface area (Å²) in [4.78, 5) is 7.26. The van der Waals surface area contributed by atoms with Crippen LogP contribution in [0.5, 0.6) is 0 Å². The highest BCUT2D eigenvalue weighted by molar-refractivity contribution is 4.98. The zero-order chi connectivity index (χ0) is 9.52. The van der Waals surface area contributed by atoms with Crippen LogP contribution in [0.2, 0.25) is 0 Å². The van der Waals surface area contributed by atoms with Crippen molar-refractivity contribution in [3.63, 3.8) is 0 Å². The Morgan fingerprint density at radius 3 is 2.92 bits per heavy atom. The van der Waals surface area contributed by atoms with Crippen LogP contribution in [0, 0.1) is 0 Å². The lowest BCUT2D eigenvalue weighted by atomic mass is 10.2.